The van der Waals surface area contributed by atoms with E-state index >= 15 is 0 Å². The molecule has 0 fully saturated rings. The third-order valence-corrected chi connectivity index (χ3v) is 7.89. The zero-order valence-electron chi connectivity index (χ0n) is 15.0. The molecule has 23 heavy (non-hydrogen) atoms. The number of ether oxygens (including phenoxy) is 1. The van der Waals surface area contributed by atoms with Crippen LogP contribution in [-0.2, 0) is 0 Å². The van der Waals surface area contributed by atoms with E-state index in [1.165, 1.54) is 18.9 Å². The van der Waals surface area contributed by atoms with E-state index in [1.54, 1.807) is 7.11 Å². The highest BCUT2D eigenvalue weighted by atomic mass is 28.3. The molecular weight excluding hydrogens is 302 g/mol. The van der Waals surface area contributed by atoms with Gasteiger partial charge in [-0.25, -0.2) is 0 Å². The van der Waals surface area contributed by atoms with Gasteiger partial charge in [-0.2, -0.15) is 5.26 Å². The van der Waals surface area contributed by atoms with Crippen LogP contribution < -0.4 is 4.74 Å². The van der Waals surface area contributed by atoms with Crippen molar-refractivity contribution in [3.63, 3.8) is 0 Å². The van der Waals surface area contributed by atoms with E-state index in [2.05, 4.69) is 26.1 Å². The number of methoxy groups -OCH3 is 1. The van der Waals surface area contributed by atoms with Crippen LogP contribution >= 0.6 is 0 Å². The number of hydrogen-bond donors (Lipinski definition) is 1. The van der Waals surface area contributed by atoms with E-state index in [0.717, 1.165) is 23.8 Å². The summed E-state index contributed by atoms with van der Waals surface area (Å²) >= 11 is 0. The first-order chi connectivity index (χ1) is 10.9. The van der Waals surface area contributed by atoms with Crippen LogP contribution in [0.5, 0.6) is 5.75 Å². The summed E-state index contributed by atoms with van der Waals surface area (Å²) in [5, 5.41) is 19.8. The Bertz CT molecular complexity index is 493. The summed E-state index contributed by atoms with van der Waals surface area (Å²) < 4.78 is 5.14. The molecule has 3 nitrogen and oxygen atoms in total. The van der Waals surface area contributed by atoms with Gasteiger partial charge in [0.1, 0.15) is 5.75 Å². The fraction of sp³-hybridized carbons (Fsp3) is 0.632. The molecule has 0 aliphatic carbocycles. The van der Waals surface area contributed by atoms with Gasteiger partial charge in [-0.15, -0.1) is 0 Å². The fourth-order valence-corrected chi connectivity index (χ4v) is 5.50. The molecule has 0 radical (unpaired) electrons. The Hall–Kier alpha value is -1.31. The molecule has 1 unspecified atom stereocenters. The van der Waals surface area contributed by atoms with Crippen molar-refractivity contribution in [3.8, 4) is 11.8 Å². The van der Waals surface area contributed by atoms with Crippen molar-refractivity contribution in [1.82, 2.24) is 0 Å². The molecule has 0 bridgehead atoms. The van der Waals surface area contributed by atoms with Gasteiger partial charge < -0.3 is 9.84 Å². The van der Waals surface area contributed by atoms with Gasteiger partial charge in [-0.05, 0) is 30.5 Å². The number of unbranched alkanes of at least 4 members (excludes halogenated alkanes) is 1. The number of hydrogen-bond acceptors (Lipinski definition) is 3. The summed E-state index contributed by atoms with van der Waals surface area (Å²) in [7, 11) is 0.430. The average molecular weight is 334 g/mol. The molecule has 0 amide bonds. The number of aliphatic hydroxyl groups excluding tert-OH is 1. The second-order valence-corrected chi connectivity index (χ2v) is 12.5. The van der Waals surface area contributed by atoms with Crippen LogP contribution in [0.2, 0.25) is 25.2 Å². The Morgan fingerprint density at radius 1 is 1.22 bits per heavy atom. The highest BCUT2D eigenvalue weighted by Gasteiger charge is 2.23. The molecule has 0 aliphatic rings. The Balaban J connectivity index is 2.53. The minimum Gasteiger partial charge on any atom is -0.497 e. The maximum Gasteiger partial charge on any atom is 0.118 e. The number of nitriles is 1. The van der Waals surface area contributed by atoms with Crippen molar-refractivity contribution < 1.29 is 9.84 Å². The van der Waals surface area contributed by atoms with Gasteiger partial charge in [0, 0.05) is 8.07 Å². The Morgan fingerprint density at radius 3 is 2.39 bits per heavy atom. The van der Waals surface area contributed by atoms with Crippen LogP contribution in [-0.4, -0.2) is 26.4 Å². The highest BCUT2D eigenvalue weighted by molar-refractivity contribution is 6.77. The van der Waals surface area contributed by atoms with Gasteiger partial charge in [0.2, 0.25) is 0 Å². The van der Waals surface area contributed by atoms with Crippen LogP contribution in [0.4, 0.5) is 0 Å². The number of rotatable bonds is 10. The molecule has 0 aromatic heterocycles. The second kappa shape index (κ2) is 9.74. The van der Waals surface area contributed by atoms with E-state index in [1.807, 2.05) is 24.3 Å². The lowest BCUT2D eigenvalue weighted by atomic mass is 9.93. The van der Waals surface area contributed by atoms with Crippen molar-refractivity contribution in [1.29, 1.82) is 5.26 Å². The second-order valence-electron chi connectivity index (χ2n) is 7.15. The summed E-state index contributed by atoms with van der Waals surface area (Å²) in [6.07, 6.45) is 3.47. The van der Waals surface area contributed by atoms with Crippen LogP contribution in [0.1, 0.15) is 44.1 Å². The smallest absolute Gasteiger partial charge is 0.118 e. The van der Waals surface area contributed by atoms with E-state index in [-0.39, 0.29) is 5.92 Å². The maximum atomic E-state index is 10.3. The zero-order valence-corrected chi connectivity index (χ0v) is 16.0. The predicted molar refractivity (Wildman–Crippen MR) is 98.6 cm³/mol. The summed E-state index contributed by atoms with van der Waals surface area (Å²) in [6.45, 7) is 7.03. The van der Waals surface area contributed by atoms with Crippen LogP contribution in [0, 0.1) is 11.3 Å². The van der Waals surface area contributed by atoms with Gasteiger partial charge in [-0.1, -0.05) is 57.1 Å². The molecule has 0 aliphatic heterocycles. The van der Waals surface area contributed by atoms with Gasteiger partial charge in [-0.3, -0.25) is 0 Å². The van der Waals surface area contributed by atoms with Gasteiger partial charge in [0.15, 0.2) is 0 Å². The van der Waals surface area contributed by atoms with Crippen LogP contribution in [0.3, 0.4) is 0 Å². The number of aliphatic hydroxyl groups is 1. The molecular formula is C19H31NO2Si. The molecule has 2 atom stereocenters. The standard InChI is InChI=1S/C19H31NO2Si/c1-5-6-12-23(3,4)13-11-18(21)14-17(15-20)16-7-9-19(22-2)10-8-16/h7-10,17-18,21H,5-6,11-14H2,1-4H3/t17?,18-/m1/s1. The third kappa shape index (κ3) is 7.19. The van der Waals surface area contributed by atoms with Crippen molar-refractivity contribution in [2.45, 2.75) is 69.8 Å². The lowest BCUT2D eigenvalue weighted by Gasteiger charge is -2.24. The van der Waals surface area contributed by atoms with E-state index in [4.69, 9.17) is 4.74 Å². The third-order valence-electron chi connectivity index (χ3n) is 4.54. The quantitative estimate of drug-likeness (QED) is 0.616. The monoisotopic (exact) mass is 333 g/mol. The first kappa shape index (κ1) is 19.7. The topological polar surface area (TPSA) is 53.2 Å². The molecule has 1 N–H and O–H groups in total. The molecule has 128 valence electrons. The summed E-state index contributed by atoms with van der Waals surface area (Å²) in [4.78, 5) is 0. The average Bonchev–Trinajstić information content (AvgIpc) is 2.56. The first-order valence-corrected chi connectivity index (χ1v) is 12.0. The van der Waals surface area contributed by atoms with Crippen LogP contribution in [0.25, 0.3) is 0 Å². The minimum atomic E-state index is -1.20. The zero-order chi connectivity index (χ0) is 17.3. The van der Waals surface area contributed by atoms with E-state index in [0.29, 0.717) is 6.42 Å². The number of benzene rings is 1. The molecule has 1 rings (SSSR count). The van der Waals surface area contributed by atoms with Gasteiger partial charge in [0.05, 0.1) is 25.2 Å². The number of nitrogens with zero attached hydrogens (tertiary/aromatic N) is 1. The molecule has 0 saturated heterocycles. The van der Waals surface area contributed by atoms with Gasteiger partial charge >= 0.3 is 0 Å². The van der Waals surface area contributed by atoms with Crippen molar-refractivity contribution in [2.24, 2.45) is 0 Å². The Morgan fingerprint density at radius 2 is 1.87 bits per heavy atom. The lowest BCUT2D eigenvalue weighted by Crippen LogP contribution is -2.27. The highest BCUT2D eigenvalue weighted by Crippen LogP contribution is 2.27. The molecule has 0 spiro atoms. The predicted octanol–water partition coefficient (Wildman–Crippen LogP) is 4.95. The summed E-state index contributed by atoms with van der Waals surface area (Å²) in [6, 6.07) is 12.4. The lowest BCUT2D eigenvalue weighted by molar-refractivity contribution is 0.156. The normalized spacial score (nSPS) is 14.1. The fourth-order valence-electron chi connectivity index (χ4n) is 2.83. The van der Waals surface area contributed by atoms with Gasteiger partial charge in [0.25, 0.3) is 0 Å². The Kier molecular flexibility index (Phi) is 8.36. The molecule has 1 aromatic rings. The first-order valence-electron chi connectivity index (χ1n) is 8.63. The largest absolute Gasteiger partial charge is 0.497 e. The van der Waals surface area contributed by atoms with Crippen molar-refractivity contribution in [3.05, 3.63) is 29.8 Å². The summed E-state index contributed by atoms with van der Waals surface area (Å²) in [5.41, 5.74) is 0.954. The minimum absolute atomic E-state index is 0.253. The Labute approximate surface area is 142 Å². The van der Waals surface area contributed by atoms with E-state index in [9.17, 15) is 10.4 Å². The molecule has 1 aromatic carbocycles. The maximum absolute atomic E-state index is 10.3. The van der Waals surface area contributed by atoms with E-state index < -0.39 is 14.2 Å². The summed E-state index contributed by atoms with van der Waals surface area (Å²) in [5.74, 6) is 0.533. The molecule has 4 heteroatoms. The molecule has 0 saturated carbocycles. The molecule has 0 heterocycles. The van der Waals surface area contributed by atoms with Crippen molar-refractivity contribution >= 4 is 8.07 Å². The SMILES string of the molecule is CCCC[Si](C)(C)CC[C@@H](O)CC(C#N)c1ccc(OC)cc1. The van der Waals surface area contributed by atoms with Crippen LogP contribution in [0.15, 0.2) is 24.3 Å². The van der Waals surface area contributed by atoms with Crippen molar-refractivity contribution in [2.75, 3.05) is 7.11 Å².